The van der Waals surface area contributed by atoms with Crippen molar-refractivity contribution < 1.29 is 60.3 Å². The summed E-state index contributed by atoms with van der Waals surface area (Å²) in [4.78, 5) is 39.7. The standard InChI is InChI=1S/C36H39N3O12/c1-4-19-22(13-37-34(49)31-25(43)7-16(40)8-26(31)44)20(5-2)24(15-39-36(51)33-29(47)11-18(42)12-30(33)48)21(6-3)23(19)14-38-35(50)32-27(45)9-17(41)10-28(32)46/h7-12,40-48H,4-6,13-15H2,1-3H3,(H,37,49)(H,38,50)(H,39,51). The minimum absolute atomic E-state index is 0.157. The molecule has 12 N–H and O–H groups in total. The van der Waals surface area contributed by atoms with Crippen molar-refractivity contribution >= 4 is 17.7 Å². The summed E-state index contributed by atoms with van der Waals surface area (Å²) in [5.41, 5.74) is 2.43. The van der Waals surface area contributed by atoms with Crippen molar-refractivity contribution in [3.8, 4) is 51.7 Å². The van der Waals surface area contributed by atoms with E-state index in [9.17, 15) is 60.3 Å². The minimum atomic E-state index is -0.866. The first-order chi connectivity index (χ1) is 24.1. The topological polar surface area (TPSA) is 269 Å². The van der Waals surface area contributed by atoms with E-state index in [4.69, 9.17) is 0 Å². The van der Waals surface area contributed by atoms with Gasteiger partial charge in [0.05, 0.1) is 0 Å². The van der Waals surface area contributed by atoms with Crippen LogP contribution < -0.4 is 16.0 Å². The summed E-state index contributed by atoms with van der Waals surface area (Å²) in [5.74, 6) is -7.94. The van der Waals surface area contributed by atoms with Gasteiger partial charge >= 0.3 is 0 Å². The van der Waals surface area contributed by atoms with Crippen LogP contribution in [0.2, 0.25) is 0 Å². The van der Waals surface area contributed by atoms with Crippen LogP contribution in [0, 0.1) is 0 Å². The summed E-state index contributed by atoms with van der Waals surface area (Å²) in [6.45, 7) is 5.06. The minimum Gasteiger partial charge on any atom is -0.508 e. The Morgan fingerprint density at radius 3 is 0.765 bits per heavy atom. The summed E-state index contributed by atoms with van der Waals surface area (Å²) in [6.07, 6.45) is 1.14. The molecule has 0 aliphatic heterocycles. The zero-order valence-corrected chi connectivity index (χ0v) is 28.0. The molecule has 0 bridgehead atoms. The van der Waals surface area contributed by atoms with Crippen LogP contribution in [0.1, 0.15) is 85.2 Å². The summed E-state index contributed by atoms with van der Waals surface area (Å²) in [6, 6.07) is 5.38. The van der Waals surface area contributed by atoms with Gasteiger partial charge in [0.1, 0.15) is 68.4 Å². The Kier molecular flexibility index (Phi) is 11.2. The highest BCUT2D eigenvalue weighted by Gasteiger charge is 2.26. The molecular weight excluding hydrogens is 666 g/mol. The van der Waals surface area contributed by atoms with Gasteiger partial charge in [-0.25, -0.2) is 0 Å². The van der Waals surface area contributed by atoms with Crippen molar-refractivity contribution in [2.45, 2.75) is 59.7 Å². The summed E-state index contributed by atoms with van der Waals surface area (Å²) >= 11 is 0. The van der Waals surface area contributed by atoms with Gasteiger partial charge in [0, 0.05) is 56.0 Å². The van der Waals surface area contributed by atoms with Crippen LogP contribution in [-0.4, -0.2) is 63.7 Å². The fraction of sp³-hybridized carbons (Fsp3) is 0.250. The molecule has 3 amide bonds. The lowest BCUT2D eigenvalue weighted by atomic mass is 9.83. The van der Waals surface area contributed by atoms with E-state index in [1.165, 1.54) is 0 Å². The fourth-order valence-corrected chi connectivity index (χ4v) is 6.27. The Labute approximate surface area is 291 Å². The average Bonchev–Trinajstić information content (AvgIpc) is 3.03. The Hall–Kier alpha value is -6.51. The molecule has 0 aliphatic rings. The van der Waals surface area contributed by atoms with Crippen LogP contribution in [0.5, 0.6) is 51.7 Å². The second kappa shape index (κ2) is 15.4. The molecule has 0 unspecified atom stereocenters. The smallest absolute Gasteiger partial charge is 0.259 e. The third-order valence-electron chi connectivity index (χ3n) is 8.45. The van der Waals surface area contributed by atoms with Crippen molar-refractivity contribution in [3.63, 3.8) is 0 Å². The predicted octanol–water partition coefficient (Wildman–Crippen LogP) is 3.51. The highest BCUT2D eigenvalue weighted by Crippen LogP contribution is 2.36. The van der Waals surface area contributed by atoms with Crippen molar-refractivity contribution in [1.82, 2.24) is 16.0 Å². The summed E-state index contributed by atoms with van der Waals surface area (Å²) in [5, 5.41) is 98.7. The number of carbonyl (C=O) groups is 3. The first-order valence-corrected chi connectivity index (χ1v) is 15.9. The van der Waals surface area contributed by atoms with Gasteiger partial charge < -0.3 is 61.9 Å². The third-order valence-corrected chi connectivity index (χ3v) is 8.45. The van der Waals surface area contributed by atoms with Gasteiger partial charge in [-0.1, -0.05) is 20.8 Å². The van der Waals surface area contributed by atoms with Crippen LogP contribution in [0.3, 0.4) is 0 Å². The van der Waals surface area contributed by atoms with Crippen molar-refractivity contribution in [2.75, 3.05) is 0 Å². The van der Waals surface area contributed by atoms with Gasteiger partial charge in [-0.2, -0.15) is 0 Å². The zero-order chi connectivity index (χ0) is 37.7. The number of carbonyl (C=O) groups excluding carboxylic acids is 3. The van der Waals surface area contributed by atoms with E-state index in [0.717, 1.165) is 36.4 Å². The molecule has 4 aromatic rings. The van der Waals surface area contributed by atoms with Gasteiger partial charge in [-0.05, 0) is 52.6 Å². The van der Waals surface area contributed by atoms with E-state index in [1.807, 2.05) is 20.8 Å². The van der Waals surface area contributed by atoms with Gasteiger partial charge in [0.15, 0.2) is 0 Å². The number of rotatable bonds is 12. The molecule has 0 aliphatic carbocycles. The van der Waals surface area contributed by atoms with Crippen LogP contribution in [-0.2, 0) is 38.9 Å². The fourth-order valence-electron chi connectivity index (χ4n) is 6.27. The second-order valence-corrected chi connectivity index (χ2v) is 11.6. The van der Waals surface area contributed by atoms with Crippen LogP contribution in [0.25, 0.3) is 0 Å². The first-order valence-electron chi connectivity index (χ1n) is 15.9. The van der Waals surface area contributed by atoms with E-state index >= 15 is 0 Å². The molecule has 0 radical (unpaired) electrons. The third kappa shape index (κ3) is 7.72. The lowest BCUT2D eigenvalue weighted by molar-refractivity contribution is 0.0937. The summed E-state index contributed by atoms with van der Waals surface area (Å²) in [7, 11) is 0. The highest BCUT2D eigenvalue weighted by atomic mass is 16.3. The van der Waals surface area contributed by atoms with Crippen LogP contribution >= 0.6 is 0 Å². The highest BCUT2D eigenvalue weighted by molar-refractivity contribution is 6.01. The number of hydrogen-bond acceptors (Lipinski definition) is 12. The van der Waals surface area contributed by atoms with Gasteiger partial charge in [-0.3, -0.25) is 14.4 Å². The number of benzene rings is 4. The maximum Gasteiger partial charge on any atom is 0.259 e. The molecule has 0 spiro atoms. The number of hydrogen-bond donors (Lipinski definition) is 12. The SMILES string of the molecule is CCc1c(CNC(=O)c2c(O)cc(O)cc2O)c(CC)c(CNC(=O)c2c(O)cc(O)cc2O)c(CC)c1CNC(=O)c1c(O)cc(O)cc1O. The molecular formula is C36H39N3O12. The van der Waals surface area contributed by atoms with E-state index in [2.05, 4.69) is 16.0 Å². The van der Waals surface area contributed by atoms with Gasteiger partial charge in [0.25, 0.3) is 17.7 Å². The van der Waals surface area contributed by atoms with Crippen molar-refractivity contribution in [1.29, 1.82) is 0 Å². The number of aromatic hydroxyl groups is 9. The maximum atomic E-state index is 13.2. The quantitative estimate of drug-likeness (QED) is 0.101. The normalized spacial score (nSPS) is 10.9. The monoisotopic (exact) mass is 705 g/mol. The van der Waals surface area contributed by atoms with E-state index in [0.29, 0.717) is 52.6 Å². The second-order valence-electron chi connectivity index (χ2n) is 11.6. The molecule has 51 heavy (non-hydrogen) atoms. The number of nitrogens with one attached hydrogen (secondary N) is 3. The molecule has 0 atom stereocenters. The largest absolute Gasteiger partial charge is 0.508 e. The molecule has 0 heterocycles. The Morgan fingerprint density at radius 1 is 0.392 bits per heavy atom. The maximum absolute atomic E-state index is 13.2. The van der Waals surface area contributed by atoms with Gasteiger partial charge in [-0.15, -0.1) is 0 Å². The molecule has 0 fully saturated rings. The van der Waals surface area contributed by atoms with Crippen LogP contribution in [0.15, 0.2) is 36.4 Å². The molecule has 15 heteroatoms. The summed E-state index contributed by atoms with van der Waals surface area (Å²) < 4.78 is 0. The number of phenols is 9. The zero-order valence-electron chi connectivity index (χ0n) is 28.0. The number of phenolic OH excluding ortho intramolecular Hbond substituents is 9. The van der Waals surface area contributed by atoms with E-state index in [-0.39, 0.29) is 19.6 Å². The number of amides is 3. The first kappa shape index (κ1) is 37.3. The molecule has 270 valence electrons. The van der Waals surface area contributed by atoms with Crippen LogP contribution in [0.4, 0.5) is 0 Å². The molecule has 0 saturated carbocycles. The molecule has 15 nitrogen and oxygen atoms in total. The molecule has 0 aromatic heterocycles. The lowest BCUT2D eigenvalue weighted by Gasteiger charge is -2.27. The van der Waals surface area contributed by atoms with E-state index < -0.39 is 86.2 Å². The van der Waals surface area contributed by atoms with Crippen molar-refractivity contribution in [2.24, 2.45) is 0 Å². The predicted molar refractivity (Wildman–Crippen MR) is 182 cm³/mol. The Bertz CT molecular complexity index is 1710. The lowest BCUT2D eigenvalue weighted by Crippen LogP contribution is -2.30. The van der Waals surface area contributed by atoms with E-state index in [1.54, 1.807) is 0 Å². The van der Waals surface area contributed by atoms with Crippen molar-refractivity contribution in [3.05, 3.63) is 86.5 Å². The molecule has 4 rings (SSSR count). The Morgan fingerprint density at radius 2 is 0.588 bits per heavy atom. The van der Waals surface area contributed by atoms with Gasteiger partial charge in [0.2, 0.25) is 0 Å². The Balaban J connectivity index is 1.81. The molecule has 4 aromatic carbocycles. The molecule has 0 saturated heterocycles. The average molecular weight is 706 g/mol.